The summed E-state index contributed by atoms with van der Waals surface area (Å²) in [6, 6.07) is 3.60. The molecule has 0 spiro atoms. The van der Waals surface area contributed by atoms with Gasteiger partial charge in [-0.3, -0.25) is 9.98 Å². The Morgan fingerprint density at radius 2 is 1.95 bits per heavy atom. The van der Waals surface area contributed by atoms with Crippen molar-refractivity contribution in [3.63, 3.8) is 0 Å². The summed E-state index contributed by atoms with van der Waals surface area (Å²) >= 11 is 0. The van der Waals surface area contributed by atoms with Gasteiger partial charge in [-0.05, 0) is 18.9 Å². The van der Waals surface area contributed by atoms with E-state index in [1.807, 2.05) is 0 Å². The molecule has 0 aliphatic carbocycles. The molecule has 6 nitrogen and oxygen atoms in total. The van der Waals surface area contributed by atoms with Gasteiger partial charge in [-0.25, -0.2) is 9.97 Å². The quantitative estimate of drug-likeness (QED) is 0.560. The Labute approximate surface area is 128 Å². The number of benzene rings is 1. The molecule has 0 aliphatic rings. The number of aromatic nitrogens is 4. The van der Waals surface area contributed by atoms with Crippen LogP contribution in [0.1, 0.15) is 26.5 Å². The maximum absolute atomic E-state index is 5.90. The van der Waals surface area contributed by atoms with Crippen molar-refractivity contribution >= 4 is 29.1 Å². The first kappa shape index (κ1) is 14.2. The first-order valence-electron chi connectivity index (χ1n) is 6.97. The normalized spacial score (nSPS) is 11.8. The standard InChI is InChI=1S/C16H18N6/c1-16(2,3)14-8-19-13(7-20-14)15-21-11-5-9(17)10(18-4)6-12(11)22-15/h5-8H,4,17H2,1-3H3,(H,21,22). The molecule has 0 saturated carbocycles. The number of anilines is 1. The summed E-state index contributed by atoms with van der Waals surface area (Å²) in [7, 11) is 0. The minimum absolute atomic E-state index is 0.0294. The average Bonchev–Trinajstić information content (AvgIpc) is 2.88. The Balaban J connectivity index is 2.05. The molecule has 0 aliphatic heterocycles. The summed E-state index contributed by atoms with van der Waals surface area (Å²) in [4.78, 5) is 20.5. The van der Waals surface area contributed by atoms with Crippen LogP contribution in [0.4, 0.5) is 11.4 Å². The van der Waals surface area contributed by atoms with Gasteiger partial charge >= 0.3 is 0 Å². The molecular formula is C16H18N6. The molecule has 3 aromatic rings. The van der Waals surface area contributed by atoms with Gasteiger partial charge in [-0.2, -0.15) is 0 Å². The van der Waals surface area contributed by atoms with Crippen LogP contribution in [-0.4, -0.2) is 26.7 Å². The third-order valence-electron chi connectivity index (χ3n) is 3.46. The molecule has 0 atom stereocenters. The molecule has 0 amide bonds. The minimum Gasteiger partial charge on any atom is -0.397 e. The highest BCUT2D eigenvalue weighted by molar-refractivity contribution is 5.87. The lowest BCUT2D eigenvalue weighted by Crippen LogP contribution is -2.13. The number of H-pyrrole nitrogens is 1. The van der Waals surface area contributed by atoms with Crippen molar-refractivity contribution in [2.75, 3.05) is 5.73 Å². The maximum Gasteiger partial charge on any atom is 0.158 e. The number of aromatic amines is 1. The van der Waals surface area contributed by atoms with Crippen LogP contribution in [0.2, 0.25) is 0 Å². The van der Waals surface area contributed by atoms with Crippen molar-refractivity contribution in [2.45, 2.75) is 26.2 Å². The molecule has 0 bridgehead atoms. The zero-order valence-corrected chi connectivity index (χ0v) is 12.9. The number of nitrogens with two attached hydrogens (primary N) is 1. The summed E-state index contributed by atoms with van der Waals surface area (Å²) in [5, 5.41) is 0. The zero-order valence-electron chi connectivity index (χ0n) is 12.9. The summed E-state index contributed by atoms with van der Waals surface area (Å²) in [5.41, 5.74) is 10.3. The largest absolute Gasteiger partial charge is 0.397 e. The predicted molar refractivity (Wildman–Crippen MR) is 89.4 cm³/mol. The van der Waals surface area contributed by atoms with E-state index < -0.39 is 0 Å². The molecule has 0 radical (unpaired) electrons. The van der Waals surface area contributed by atoms with Gasteiger partial charge in [0.15, 0.2) is 5.82 Å². The minimum atomic E-state index is -0.0294. The summed E-state index contributed by atoms with van der Waals surface area (Å²) in [6.45, 7) is 9.81. The molecular weight excluding hydrogens is 276 g/mol. The Bertz CT molecular complexity index is 839. The lowest BCUT2D eigenvalue weighted by Gasteiger charge is -2.16. The van der Waals surface area contributed by atoms with E-state index in [1.54, 1.807) is 24.5 Å². The van der Waals surface area contributed by atoms with Crippen molar-refractivity contribution in [3.05, 3.63) is 30.2 Å². The van der Waals surface area contributed by atoms with Crippen molar-refractivity contribution in [3.8, 4) is 11.5 Å². The number of hydrogen-bond acceptors (Lipinski definition) is 5. The fraction of sp³-hybridized carbons (Fsp3) is 0.250. The Morgan fingerprint density at radius 1 is 1.18 bits per heavy atom. The number of aliphatic imine (C=N–C) groups is 1. The first-order chi connectivity index (χ1) is 10.4. The van der Waals surface area contributed by atoms with Crippen LogP contribution in [0, 0.1) is 0 Å². The van der Waals surface area contributed by atoms with Gasteiger partial charge in [0.25, 0.3) is 0 Å². The van der Waals surface area contributed by atoms with Crippen molar-refractivity contribution in [1.29, 1.82) is 0 Å². The molecule has 22 heavy (non-hydrogen) atoms. The molecule has 1 aromatic carbocycles. The lowest BCUT2D eigenvalue weighted by atomic mass is 9.93. The number of fused-ring (bicyclic) bond motifs is 1. The van der Waals surface area contributed by atoms with Gasteiger partial charge in [0.1, 0.15) is 5.69 Å². The molecule has 0 unspecified atom stereocenters. The smallest absolute Gasteiger partial charge is 0.158 e. The van der Waals surface area contributed by atoms with E-state index in [4.69, 9.17) is 5.73 Å². The van der Waals surface area contributed by atoms with Crippen molar-refractivity contribution < 1.29 is 0 Å². The Kier molecular flexibility index (Phi) is 3.16. The number of hydrogen-bond donors (Lipinski definition) is 2. The van der Waals surface area contributed by atoms with Gasteiger partial charge in [-0.1, -0.05) is 20.8 Å². The van der Waals surface area contributed by atoms with Crippen LogP contribution in [0.3, 0.4) is 0 Å². The summed E-state index contributed by atoms with van der Waals surface area (Å²) in [6.07, 6.45) is 3.52. The van der Waals surface area contributed by atoms with Crippen LogP contribution in [0.25, 0.3) is 22.6 Å². The van der Waals surface area contributed by atoms with Gasteiger partial charge in [-0.15, -0.1) is 0 Å². The molecule has 2 aromatic heterocycles. The molecule has 112 valence electrons. The van der Waals surface area contributed by atoms with E-state index in [1.165, 1.54) is 0 Å². The maximum atomic E-state index is 5.90. The highest BCUT2D eigenvalue weighted by atomic mass is 15.0. The second-order valence-corrected chi connectivity index (χ2v) is 6.21. The molecule has 6 heteroatoms. The molecule has 2 heterocycles. The van der Waals surface area contributed by atoms with Crippen LogP contribution in [0.15, 0.2) is 29.5 Å². The number of nitrogens with one attached hydrogen (secondary N) is 1. The average molecular weight is 294 g/mol. The van der Waals surface area contributed by atoms with Gasteiger partial charge in [0.05, 0.1) is 34.3 Å². The van der Waals surface area contributed by atoms with Crippen molar-refractivity contribution in [1.82, 2.24) is 19.9 Å². The zero-order chi connectivity index (χ0) is 15.9. The topological polar surface area (TPSA) is 92.8 Å². The third-order valence-corrected chi connectivity index (χ3v) is 3.46. The van der Waals surface area contributed by atoms with Gasteiger partial charge < -0.3 is 10.7 Å². The first-order valence-corrected chi connectivity index (χ1v) is 6.97. The van der Waals surface area contributed by atoms with E-state index in [0.29, 0.717) is 22.9 Å². The van der Waals surface area contributed by atoms with E-state index in [2.05, 4.69) is 52.4 Å². The SMILES string of the molecule is C=Nc1cc2nc(-c3cnc(C(C)(C)C)cn3)[nH]c2cc1N. The van der Waals surface area contributed by atoms with Crippen LogP contribution in [0.5, 0.6) is 0 Å². The van der Waals surface area contributed by atoms with Crippen LogP contribution < -0.4 is 5.73 Å². The second-order valence-electron chi connectivity index (χ2n) is 6.21. The van der Waals surface area contributed by atoms with E-state index >= 15 is 0 Å². The van der Waals surface area contributed by atoms with E-state index in [9.17, 15) is 0 Å². The fourth-order valence-corrected chi connectivity index (χ4v) is 2.16. The highest BCUT2D eigenvalue weighted by Gasteiger charge is 2.16. The Hall–Kier alpha value is -2.76. The Morgan fingerprint density at radius 3 is 2.55 bits per heavy atom. The number of nitrogen functional groups attached to an aromatic ring is 1. The van der Waals surface area contributed by atoms with E-state index in [-0.39, 0.29) is 5.41 Å². The van der Waals surface area contributed by atoms with E-state index in [0.717, 1.165) is 16.7 Å². The third kappa shape index (κ3) is 2.43. The number of rotatable bonds is 2. The summed E-state index contributed by atoms with van der Waals surface area (Å²) in [5.74, 6) is 0.656. The number of imidazole rings is 1. The molecule has 0 fully saturated rings. The lowest BCUT2D eigenvalue weighted by molar-refractivity contribution is 0.565. The second kappa shape index (κ2) is 4.91. The van der Waals surface area contributed by atoms with Gasteiger partial charge in [0, 0.05) is 11.6 Å². The summed E-state index contributed by atoms with van der Waals surface area (Å²) < 4.78 is 0. The molecule has 3 N–H and O–H groups in total. The monoisotopic (exact) mass is 294 g/mol. The number of nitrogens with zero attached hydrogens (tertiary/aromatic N) is 4. The fourth-order valence-electron chi connectivity index (χ4n) is 2.16. The molecule has 3 rings (SSSR count). The van der Waals surface area contributed by atoms with Crippen molar-refractivity contribution in [2.24, 2.45) is 4.99 Å². The van der Waals surface area contributed by atoms with Crippen LogP contribution in [-0.2, 0) is 5.41 Å². The predicted octanol–water partition coefficient (Wildman–Crippen LogP) is 3.23. The molecule has 0 saturated heterocycles. The highest BCUT2D eigenvalue weighted by Crippen LogP contribution is 2.28. The van der Waals surface area contributed by atoms with Gasteiger partial charge in [0.2, 0.25) is 0 Å². The van der Waals surface area contributed by atoms with Crippen LogP contribution >= 0.6 is 0 Å².